The number of allylic oxidation sites excluding steroid dienone is 2. The SMILES string of the molecule is COC(=O)C1=C(C)NC(C)=C(C(=O)OCCOCC=Cc2ccc(Cc3cccnc3)cc2)C1c1ccccc1C(F)(F)F. The van der Waals surface area contributed by atoms with Gasteiger partial charge in [-0.3, -0.25) is 4.98 Å². The van der Waals surface area contributed by atoms with Gasteiger partial charge in [-0.2, -0.15) is 13.2 Å². The van der Waals surface area contributed by atoms with Gasteiger partial charge in [-0.25, -0.2) is 9.59 Å². The number of benzene rings is 2. The molecule has 0 aliphatic carbocycles. The van der Waals surface area contributed by atoms with Crippen LogP contribution in [-0.2, 0) is 36.4 Å². The summed E-state index contributed by atoms with van der Waals surface area (Å²) in [7, 11) is 1.13. The minimum Gasteiger partial charge on any atom is -0.466 e. The molecule has 0 radical (unpaired) electrons. The summed E-state index contributed by atoms with van der Waals surface area (Å²) in [6.45, 7) is 3.26. The van der Waals surface area contributed by atoms with Gasteiger partial charge in [0, 0.05) is 23.8 Å². The highest BCUT2D eigenvalue weighted by Gasteiger charge is 2.43. The summed E-state index contributed by atoms with van der Waals surface area (Å²) >= 11 is 0. The van der Waals surface area contributed by atoms with Gasteiger partial charge in [0.25, 0.3) is 0 Å². The molecule has 0 saturated carbocycles. The Morgan fingerprint density at radius 3 is 2.27 bits per heavy atom. The van der Waals surface area contributed by atoms with Crippen molar-refractivity contribution in [3.05, 3.63) is 129 Å². The number of hydrogen-bond donors (Lipinski definition) is 1. The van der Waals surface area contributed by atoms with Gasteiger partial charge in [-0.05, 0) is 54.7 Å². The number of pyridine rings is 1. The predicted molar refractivity (Wildman–Crippen MR) is 159 cm³/mol. The standard InChI is InChI=1S/C34H33F3N2O5/c1-22-29(32(40)42-3)31(27-10-4-5-11-28(27)34(35,36)37)30(23(2)39-22)33(41)44-19-18-43-17-7-9-24-12-14-25(15-13-24)20-26-8-6-16-38-21-26/h4-16,21,31,39H,17-20H2,1-3H3. The third kappa shape index (κ3) is 8.02. The van der Waals surface area contributed by atoms with Gasteiger partial charge in [-0.15, -0.1) is 0 Å². The molecule has 1 unspecified atom stereocenters. The Morgan fingerprint density at radius 1 is 0.909 bits per heavy atom. The molecule has 0 bridgehead atoms. The lowest BCUT2D eigenvalue weighted by Gasteiger charge is -2.31. The number of alkyl halides is 3. The second kappa shape index (κ2) is 14.7. The van der Waals surface area contributed by atoms with Crippen molar-refractivity contribution in [2.24, 2.45) is 0 Å². The molecule has 230 valence electrons. The first-order chi connectivity index (χ1) is 21.1. The second-order valence-corrected chi connectivity index (χ2v) is 10.1. The highest BCUT2D eigenvalue weighted by Crippen LogP contribution is 2.44. The van der Waals surface area contributed by atoms with Crippen molar-refractivity contribution in [1.82, 2.24) is 10.3 Å². The number of hydrogen-bond acceptors (Lipinski definition) is 7. The Hall–Kier alpha value is -4.70. The Bertz CT molecular complexity index is 1560. The summed E-state index contributed by atoms with van der Waals surface area (Å²) in [4.78, 5) is 30.2. The fraction of sp³-hybridized carbons (Fsp3) is 0.265. The van der Waals surface area contributed by atoms with Gasteiger partial charge in [0.05, 0.1) is 43.0 Å². The number of nitrogens with one attached hydrogen (secondary N) is 1. The molecule has 1 aromatic heterocycles. The molecule has 1 aliphatic rings. The van der Waals surface area contributed by atoms with Crippen molar-refractivity contribution in [2.75, 3.05) is 26.9 Å². The molecule has 1 N–H and O–H groups in total. The van der Waals surface area contributed by atoms with Crippen LogP contribution in [0.3, 0.4) is 0 Å². The third-order valence-corrected chi connectivity index (χ3v) is 7.06. The minimum absolute atomic E-state index is 0.0580. The molecule has 0 spiro atoms. The normalized spacial score (nSPS) is 15.4. The zero-order chi connectivity index (χ0) is 31.7. The van der Waals surface area contributed by atoms with Crippen LogP contribution >= 0.6 is 0 Å². The van der Waals surface area contributed by atoms with E-state index in [9.17, 15) is 22.8 Å². The first-order valence-corrected chi connectivity index (χ1v) is 13.9. The molecule has 7 nitrogen and oxygen atoms in total. The first kappa shape index (κ1) is 32.2. The smallest absolute Gasteiger partial charge is 0.416 e. The third-order valence-electron chi connectivity index (χ3n) is 7.06. The summed E-state index contributed by atoms with van der Waals surface area (Å²) in [5.74, 6) is -3.07. The average molecular weight is 607 g/mol. The van der Waals surface area contributed by atoms with E-state index in [0.717, 1.165) is 30.7 Å². The number of dihydropyridines is 1. The molecule has 0 amide bonds. The molecular weight excluding hydrogens is 573 g/mol. The van der Waals surface area contributed by atoms with E-state index in [0.29, 0.717) is 0 Å². The van der Waals surface area contributed by atoms with E-state index < -0.39 is 29.6 Å². The van der Waals surface area contributed by atoms with Gasteiger partial charge in [0.15, 0.2) is 0 Å². The number of carbonyl (C=O) groups excluding carboxylic acids is 2. The number of carbonyl (C=O) groups is 2. The van der Waals surface area contributed by atoms with Crippen LogP contribution in [0.2, 0.25) is 0 Å². The molecule has 0 fully saturated rings. The largest absolute Gasteiger partial charge is 0.466 e. The van der Waals surface area contributed by atoms with E-state index in [4.69, 9.17) is 14.2 Å². The maximum absolute atomic E-state index is 14.0. The zero-order valence-corrected chi connectivity index (χ0v) is 24.6. The van der Waals surface area contributed by atoms with E-state index in [1.54, 1.807) is 20.0 Å². The number of nitrogens with zero attached hydrogens (tertiary/aromatic N) is 1. The van der Waals surface area contributed by atoms with Crippen molar-refractivity contribution in [3.63, 3.8) is 0 Å². The highest BCUT2D eigenvalue weighted by atomic mass is 19.4. The summed E-state index contributed by atoms with van der Waals surface area (Å²) in [5, 5.41) is 2.92. The summed E-state index contributed by atoms with van der Waals surface area (Å²) in [6, 6.07) is 16.9. The summed E-state index contributed by atoms with van der Waals surface area (Å²) in [6.07, 6.45) is 3.40. The maximum atomic E-state index is 14.0. The van der Waals surface area contributed by atoms with Gasteiger partial charge in [-0.1, -0.05) is 60.7 Å². The van der Waals surface area contributed by atoms with Crippen molar-refractivity contribution in [3.8, 4) is 0 Å². The lowest BCUT2D eigenvalue weighted by Crippen LogP contribution is -2.33. The molecule has 10 heteroatoms. The maximum Gasteiger partial charge on any atom is 0.416 e. The van der Waals surface area contributed by atoms with Crippen LogP contribution in [0.15, 0.2) is 102 Å². The van der Waals surface area contributed by atoms with Crippen LogP contribution in [0.1, 0.15) is 47.6 Å². The lowest BCUT2D eigenvalue weighted by atomic mass is 9.78. The fourth-order valence-electron chi connectivity index (χ4n) is 5.05. The molecule has 2 heterocycles. The van der Waals surface area contributed by atoms with E-state index in [1.807, 2.05) is 54.7 Å². The van der Waals surface area contributed by atoms with Crippen LogP contribution in [0.5, 0.6) is 0 Å². The number of halogens is 3. The Balaban J connectivity index is 1.36. The van der Waals surface area contributed by atoms with Crippen LogP contribution in [0.4, 0.5) is 13.2 Å². The van der Waals surface area contributed by atoms with Gasteiger partial charge in [0.1, 0.15) is 6.61 Å². The lowest BCUT2D eigenvalue weighted by molar-refractivity contribution is -0.142. The minimum atomic E-state index is -4.72. The van der Waals surface area contributed by atoms with Gasteiger partial charge >= 0.3 is 18.1 Å². The molecule has 3 aromatic rings. The quantitative estimate of drug-likeness (QED) is 0.201. The molecule has 44 heavy (non-hydrogen) atoms. The van der Waals surface area contributed by atoms with E-state index in [-0.39, 0.29) is 47.9 Å². The number of aromatic nitrogens is 1. The van der Waals surface area contributed by atoms with E-state index in [2.05, 4.69) is 10.3 Å². The van der Waals surface area contributed by atoms with E-state index >= 15 is 0 Å². The monoisotopic (exact) mass is 606 g/mol. The van der Waals surface area contributed by atoms with Gasteiger partial charge in [0.2, 0.25) is 0 Å². The first-order valence-electron chi connectivity index (χ1n) is 13.9. The molecular formula is C34H33F3N2O5. The molecule has 2 aromatic carbocycles. The van der Waals surface area contributed by atoms with Crippen molar-refractivity contribution < 1.29 is 37.0 Å². The van der Waals surface area contributed by atoms with Crippen molar-refractivity contribution >= 4 is 18.0 Å². The number of ether oxygens (including phenoxy) is 3. The fourth-order valence-corrected chi connectivity index (χ4v) is 5.05. The number of esters is 2. The van der Waals surface area contributed by atoms with Crippen LogP contribution in [0, 0.1) is 0 Å². The van der Waals surface area contributed by atoms with Crippen LogP contribution in [0.25, 0.3) is 6.08 Å². The summed E-state index contributed by atoms with van der Waals surface area (Å²) in [5.41, 5.74) is 2.43. The molecule has 4 rings (SSSR count). The Morgan fingerprint density at radius 2 is 1.61 bits per heavy atom. The van der Waals surface area contributed by atoms with E-state index in [1.165, 1.54) is 23.8 Å². The Labute approximate surface area is 254 Å². The van der Waals surface area contributed by atoms with Crippen LogP contribution in [-0.4, -0.2) is 43.9 Å². The molecule has 1 aliphatic heterocycles. The number of methoxy groups -OCH3 is 1. The zero-order valence-electron chi connectivity index (χ0n) is 24.6. The van der Waals surface area contributed by atoms with Crippen LogP contribution < -0.4 is 5.32 Å². The summed E-state index contributed by atoms with van der Waals surface area (Å²) < 4.78 is 57.8. The molecule has 0 saturated heterocycles. The molecule has 1 atom stereocenters. The number of rotatable bonds is 11. The predicted octanol–water partition coefficient (Wildman–Crippen LogP) is 6.37. The van der Waals surface area contributed by atoms with Crippen molar-refractivity contribution in [2.45, 2.75) is 32.4 Å². The average Bonchev–Trinajstić information content (AvgIpc) is 3.00. The second-order valence-electron chi connectivity index (χ2n) is 10.1. The van der Waals surface area contributed by atoms with Gasteiger partial charge < -0.3 is 19.5 Å². The Kier molecular flexibility index (Phi) is 10.7. The highest BCUT2D eigenvalue weighted by molar-refractivity contribution is 6.00. The topological polar surface area (TPSA) is 86.8 Å². The van der Waals surface area contributed by atoms with Crippen molar-refractivity contribution in [1.29, 1.82) is 0 Å².